The molecule has 0 aromatic heterocycles. The van der Waals surface area contributed by atoms with Crippen molar-refractivity contribution >= 4 is 11.8 Å². The largest absolute Gasteiger partial charge is 0.496 e. The predicted molar refractivity (Wildman–Crippen MR) is 95.2 cm³/mol. The second-order valence-electron chi connectivity index (χ2n) is 6.27. The van der Waals surface area contributed by atoms with Crippen molar-refractivity contribution in [2.45, 2.75) is 12.5 Å². The first kappa shape index (κ1) is 17.0. The van der Waals surface area contributed by atoms with E-state index in [-0.39, 0.29) is 30.2 Å². The summed E-state index contributed by atoms with van der Waals surface area (Å²) in [6.45, 7) is 0.456. The van der Waals surface area contributed by atoms with Gasteiger partial charge in [-0.2, -0.15) is 0 Å². The van der Waals surface area contributed by atoms with E-state index >= 15 is 0 Å². The zero-order valence-corrected chi connectivity index (χ0v) is 14.4. The lowest BCUT2D eigenvalue weighted by atomic mass is 9.96. The van der Waals surface area contributed by atoms with Crippen LogP contribution < -0.4 is 10.1 Å². The maximum Gasteiger partial charge on any atom is 0.226 e. The second-order valence-corrected chi connectivity index (χ2v) is 6.27. The van der Waals surface area contributed by atoms with E-state index in [1.54, 1.807) is 19.1 Å². The Balaban J connectivity index is 1.90. The zero-order valence-electron chi connectivity index (χ0n) is 14.4. The minimum Gasteiger partial charge on any atom is -0.496 e. The van der Waals surface area contributed by atoms with E-state index < -0.39 is 0 Å². The Morgan fingerprint density at radius 2 is 1.84 bits per heavy atom. The zero-order chi connectivity index (χ0) is 17.8. The normalized spacial score (nSPS) is 18.1. The number of nitrogens with one attached hydrogen (secondary N) is 1. The number of carbonyl (C=O) groups excluding carboxylic acids is 2. The van der Waals surface area contributed by atoms with Gasteiger partial charge in [0.1, 0.15) is 5.75 Å². The van der Waals surface area contributed by atoms with Gasteiger partial charge in [0.2, 0.25) is 11.8 Å². The molecule has 2 aromatic rings. The van der Waals surface area contributed by atoms with Crippen molar-refractivity contribution < 1.29 is 14.3 Å². The number of ether oxygens (including phenoxy) is 1. The first-order valence-electron chi connectivity index (χ1n) is 8.32. The van der Waals surface area contributed by atoms with Crippen LogP contribution >= 0.6 is 0 Å². The highest BCUT2D eigenvalue weighted by atomic mass is 16.5. The van der Waals surface area contributed by atoms with Crippen molar-refractivity contribution in [2.24, 2.45) is 5.92 Å². The molecule has 1 fully saturated rings. The van der Waals surface area contributed by atoms with E-state index in [9.17, 15) is 9.59 Å². The lowest BCUT2D eigenvalue weighted by Crippen LogP contribution is -2.35. The van der Waals surface area contributed by atoms with E-state index in [0.717, 1.165) is 16.9 Å². The lowest BCUT2D eigenvalue weighted by molar-refractivity contribution is -0.128. The highest BCUT2D eigenvalue weighted by molar-refractivity contribution is 5.89. The van der Waals surface area contributed by atoms with Crippen molar-refractivity contribution in [3.8, 4) is 5.75 Å². The van der Waals surface area contributed by atoms with Crippen LogP contribution in [0.5, 0.6) is 5.75 Å². The van der Waals surface area contributed by atoms with Gasteiger partial charge in [0.15, 0.2) is 0 Å². The Bertz CT molecular complexity index is 761. The third kappa shape index (κ3) is 3.65. The molecule has 0 aliphatic carbocycles. The molecule has 130 valence electrons. The molecule has 1 heterocycles. The minimum absolute atomic E-state index is 0.00806. The van der Waals surface area contributed by atoms with Crippen molar-refractivity contribution in [3.63, 3.8) is 0 Å². The molecule has 25 heavy (non-hydrogen) atoms. The van der Waals surface area contributed by atoms with Crippen LogP contribution in [-0.2, 0) is 9.59 Å². The Labute approximate surface area is 147 Å². The van der Waals surface area contributed by atoms with Gasteiger partial charge in [-0.3, -0.25) is 9.59 Å². The van der Waals surface area contributed by atoms with Crippen molar-refractivity contribution in [1.29, 1.82) is 0 Å². The van der Waals surface area contributed by atoms with Crippen LogP contribution in [-0.4, -0.2) is 37.4 Å². The Morgan fingerprint density at radius 1 is 1.16 bits per heavy atom. The van der Waals surface area contributed by atoms with Crippen molar-refractivity contribution in [3.05, 3.63) is 65.7 Å². The minimum atomic E-state index is -0.328. The maximum absolute atomic E-state index is 12.8. The number of benzene rings is 2. The number of nitrogens with zero attached hydrogens (tertiary/aromatic N) is 1. The number of rotatable bonds is 5. The van der Waals surface area contributed by atoms with Crippen molar-refractivity contribution in [1.82, 2.24) is 10.2 Å². The van der Waals surface area contributed by atoms with Crippen molar-refractivity contribution in [2.75, 3.05) is 20.7 Å². The topological polar surface area (TPSA) is 58.6 Å². The molecule has 5 nitrogen and oxygen atoms in total. The number of para-hydroxylation sites is 1. The monoisotopic (exact) mass is 338 g/mol. The van der Waals surface area contributed by atoms with E-state index in [4.69, 9.17) is 4.74 Å². The first-order chi connectivity index (χ1) is 12.1. The highest BCUT2D eigenvalue weighted by Gasteiger charge is 2.33. The van der Waals surface area contributed by atoms with E-state index in [2.05, 4.69) is 5.32 Å². The van der Waals surface area contributed by atoms with Crippen LogP contribution in [0.15, 0.2) is 54.6 Å². The van der Waals surface area contributed by atoms with Crippen LogP contribution in [0.4, 0.5) is 0 Å². The molecule has 0 saturated carbocycles. The van der Waals surface area contributed by atoms with Gasteiger partial charge >= 0.3 is 0 Å². The van der Waals surface area contributed by atoms with Gasteiger partial charge in [0.25, 0.3) is 0 Å². The summed E-state index contributed by atoms with van der Waals surface area (Å²) in [5.41, 5.74) is 1.86. The molecule has 0 radical (unpaired) electrons. The Morgan fingerprint density at radius 3 is 2.48 bits per heavy atom. The van der Waals surface area contributed by atoms with E-state index in [0.29, 0.717) is 6.54 Å². The number of hydrogen-bond donors (Lipinski definition) is 1. The summed E-state index contributed by atoms with van der Waals surface area (Å²) < 4.78 is 5.48. The van der Waals surface area contributed by atoms with Gasteiger partial charge in [-0.15, -0.1) is 0 Å². The SMILES string of the molecule is COc1ccccc1[C@@H](NC(=O)[C@H]1CC(=O)N(C)C1)c1ccccc1. The van der Waals surface area contributed by atoms with Gasteiger partial charge in [0, 0.05) is 25.6 Å². The number of carbonyl (C=O) groups is 2. The molecule has 2 atom stereocenters. The van der Waals surface area contributed by atoms with Crippen LogP contribution in [0.1, 0.15) is 23.6 Å². The maximum atomic E-state index is 12.8. The van der Waals surface area contributed by atoms with Gasteiger partial charge in [-0.1, -0.05) is 48.5 Å². The fourth-order valence-corrected chi connectivity index (χ4v) is 3.19. The fraction of sp³-hybridized carbons (Fsp3) is 0.300. The van der Waals surface area contributed by atoms with Crippen LogP contribution in [0, 0.1) is 5.92 Å². The molecule has 5 heteroatoms. The molecule has 1 saturated heterocycles. The molecular weight excluding hydrogens is 316 g/mol. The van der Waals surface area contributed by atoms with Gasteiger partial charge in [0.05, 0.1) is 19.1 Å². The quantitative estimate of drug-likeness (QED) is 0.911. The van der Waals surface area contributed by atoms with E-state index in [1.807, 2.05) is 54.6 Å². The smallest absolute Gasteiger partial charge is 0.226 e. The van der Waals surface area contributed by atoms with Crippen LogP contribution in [0.25, 0.3) is 0 Å². The summed E-state index contributed by atoms with van der Waals surface area (Å²) >= 11 is 0. The molecule has 0 spiro atoms. The molecule has 0 unspecified atom stereocenters. The molecule has 1 aliphatic heterocycles. The van der Waals surface area contributed by atoms with Gasteiger partial charge < -0.3 is 15.0 Å². The average molecular weight is 338 g/mol. The van der Waals surface area contributed by atoms with Gasteiger partial charge in [-0.25, -0.2) is 0 Å². The standard InChI is InChI=1S/C20H22N2O3/c1-22-13-15(12-18(22)23)20(24)21-19(14-8-4-3-5-9-14)16-10-6-7-11-17(16)25-2/h3-11,15,19H,12-13H2,1-2H3,(H,21,24)/t15-,19-/m0/s1. The second kappa shape index (κ2) is 7.38. The number of likely N-dealkylation sites (tertiary alicyclic amines) is 1. The molecule has 1 aliphatic rings. The molecule has 1 N–H and O–H groups in total. The summed E-state index contributed by atoms with van der Waals surface area (Å²) in [4.78, 5) is 26.1. The first-order valence-corrected chi connectivity index (χ1v) is 8.32. The molecular formula is C20H22N2O3. The van der Waals surface area contributed by atoms with Gasteiger partial charge in [-0.05, 0) is 11.6 Å². The van der Waals surface area contributed by atoms with E-state index in [1.165, 1.54) is 0 Å². The third-order valence-corrected chi connectivity index (χ3v) is 4.58. The number of methoxy groups -OCH3 is 1. The predicted octanol–water partition coefficient (Wildman–Crippen LogP) is 2.38. The van der Waals surface area contributed by atoms with Crippen LogP contribution in [0.2, 0.25) is 0 Å². The summed E-state index contributed by atoms with van der Waals surface area (Å²) in [5, 5.41) is 3.11. The average Bonchev–Trinajstić information content (AvgIpc) is 2.99. The van der Waals surface area contributed by atoms with Crippen LogP contribution in [0.3, 0.4) is 0 Å². The lowest BCUT2D eigenvalue weighted by Gasteiger charge is -2.23. The Hall–Kier alpha value is -2.82. The summed E-state index contributed by atoms with van der Waals surface area (Å²) in [7, 11) is 3.35. The summed E-state index contributed by atoms with van der Waals surface area (Å²) in [5.74, 6) is 0.292. The Kier molecular flexibility index (Phi) is 5.03. The number of hydrogen-bond acceptors (Lipinski definition) is 3. The number of amides is 2. The summed E-state index contributed by atoms with van der Waals surface area (Å²) in [6, 6.07) is 17.1. The molecule has 2 aromatic carbocycles. The highest BCUT2D eigenvalue weighted by Crippen LogP contribution is 2.30. The fourth-order valence-electron chi connectivity index (χ4n) is 3.19. The third-order valence-electron chi connectivity index (χ3n) is 4.58. The summed E-state index contributed by atoms with van der Waals surface area (Å²) in [6.07, 6.45) is 0.260. The molecule has 3 rings (SSSR count). The molecule has 2 amide bonds. The molecule has 0 bridgehead atoms.